The number of nitrogen functional groups attached to an aromatic ring is 1. The van der Waals surface area contributed by atoms with E-state index in [0.29, 0.717) is 34.2 Å². The van der Waals surface area contributed by atoms with E-state index in [1.165, 1.54) is 41.6 Å². The third-order valence-corrected chi connectivity index (χ3v) is 5.47. The van der Waals surface area contributed by atoms with Crippen LogP contribution in [0.5, 0.6) is 34.5 Å². The van der Waals surface area contributed by atoms with Gasteiger partial charge < -0.3 is 39.8 Å². The largest absolute Gasteiger partial charge is 0.503 e. The third-order valence-electron chi connectivity index (χ3n) is 5.47. The number of nitrogens with two attached hydrogens (primary N) is 1. The zero-order chi connectivity index (χ0) is 26.9. The van der Waals surface area contributed by atoms with Crippen molar-refractivity contribution >= 4 is 35.5 Å². The molecule has 3 rings (SSSR count). The number of phenols is 1. The molecule has 0 saturated carbocycles. The lowest BCUT2D eigenvalue weighted by molar-refractivity contribution is -0.111. The summed E-state index contributed by atoms with van der Waals surface area (Å²) in [5.41, 5.74) is 8.54. The molecule has 0 aliphatic carbocycles. The molecule has 9 nitrogen and oxygen atoms in total. The van der Waals surface area contributed by atoms with E-state index in [1.807, 2.05) is 0 Å². The van der Waals surface area contributed by atoms with Crippen molar-refractivity contribution in [3.63, 3.8) is 0 Å². The van der Waals surface area contributed by atoms with Gasteiger partial charge in [0.25, 0.3) is 0 Å². The fourth-order valence-corrected chi connectivity index (χ4v) is 3.57. The van der Waals surface area contributed by atoms with Crippen LogP contribution in [0.4, 0.5) is 11.4 Å². The van der Waals surface area contributed by atoms with E-state index in [2.05, 4.69) is 5.32 Å². The van der Waals surface area contributed by atoms with Crippen molar-refractivity contribution in [2.45, 2.75) is 0 Å². The van der Waals surface area contributed by atoms with Gasteiger partial charge in [0.15, 0.2) is 23.0 Å². The topological polar surface area (TPSA) is 122 Å². The summed E-state index contributed by atoms with van der Waals surface area (Å²) in [7, 11) is 7.55. The molecule has 0 unspecified atom stereocenters. The highest BCUT2D eigenvalue weighted by atomic mass is 16.5. The summed E-state index contributed by atoms with van der Waals surface area (Å²) in [4.78, 5) is 12.7. The quantitative estimate of drug-likeness (QED) is 0.155. The molecular formula is C28H30N2O7. The number of methoxy groups -OCH3 is 5. The van der Waals surface area contributed by atoms with E-state index in [9.17, 15) is 9.90 Å². The monoisotopic (exact) mass is 506 g/mol. The lowest BCUT2D eigenvalue weighted by atomic mass is 10.1. The van der Waals surface area contributed by atoms with Crippen LogP contribution in [0.15, 0.2) is 48.5 Å². The van der Waals surface area contributed by atoms with Crippen LogP contribution in [0, 0.1) is 0 Å². The first-order valence-corrected chi connectivity index (χ1v) is 11.2. The first kappa shape index (κ1) is 26.8. The molecule has 194 valence electrons. The van der Waals surface area contributed by atoms with Gasteiger partial charge in [0.2, 0.25) is 11.7 Å². The zero-order valence-corrected chi connectivity index (χ0v) is 21.3. The average molecular weight is 507 g/mol. The number of carbonyl (C=O) groups excluding carboxylic acids is 1. The number of phenolic OH excluding ortho intramolecular Hbond substituents is 1. The Morgan fingerprint density at radius 1 is 0.757 bits per heavy atom. The number of anilines is 2. The van der Waals surface area contributed by atoms with Crippen molar-refractivity contribution in [1.29, 1.82) is 0 Å². The van der Waals surface area contributed by atoms with Gasteiger partial charge in [-0.2, -0.15) is 0 Å². The van der Waals surface area contributed by atoms with Crippen LogP contribution in [-0.2, 0) is 4.79 Å². The van der Waals surface area contributed by atoms with Crippen molar-refractivity contribution < 1.29 is 33.6 Å². The molecule has 0 fully saturated rings. The Morgan fingerprint density at radius 3 is 1.97 bits per heavy atom. The van der Waals surface area contributed by atoms with E-state index < -0.39 is 5.91 Å². The minimum atomic E-state index is -0.457. The van der Waals surface area contributed by atoms with E-state index in [1.54, 1.807) is 60.7 Å². The number of benzene rings is 3. The zero-order valence-electron chi connectivity index (χ0n) is 21.3. The molecule has 3 aromatic rings. The molecular weight excluding hydrogens is 476 g/mol. The Balaban J connectivity index is 1.92. The average Bonchev–Trinajstić information content (AvgIpc) is 2.92. The first-order valence-electron chi connectivity index (χ1n) is 11.2. The fourth-order valence-electron chi connectivity index (χ4n) is 3.57. The van der Waals surface area contributed by atoms with Gasteiger partial charge in [-0.3, -0.25) is 4.79 Å². The van der Waals surface area contributed by atoms with Gasteiger partial charge in [-0.05, 0) is 53.6 Å². The molecule has 0 aromatic heterocycles. The molecule has 0 aliphatic heterocycles. The number of aromatic hydroxyl groups is 1. The fraction of sp³-hybridized carbons (Fsp3) is 0.179. The number of nitrogens with one attached hydrogen (secondary N) is 1. The summed E-state index contributed by atoms with van der Waals surface area (Å²) in [6, 6.07) is 12.1. The number of hydrogen-bond donors (Lipinski definition) is 3. The highest BCUT2D eigenvalue weighted by molar-refractivity contribution is 6.04. The van der Waals surface area contributed by atoms with Gasteiger partial charge in [0.1, 0.15) is 5.75 Å². The van der Waals surface area contributed by atoms with Crippen molar-refractivity contribution in [2.24, 2.45) is 0 Å². The van der Waals surface area contributed by atoms with Crippen LogP contribution in [0.25, 0.3) is 18.2 Å². The van der Waals surface area contributed by atoms with Crippen LogP contribution >= 0.6 is 0 Å². The number of carbonyl (C=O) groups is 1. The Kier molecular flexibility index (Phi) is 8.88. The first-order chi connectivity index (χ1) is 17.8. The standard InChI is InChI=1S/C28H30N2O7/c1-33-21-12-10-19(9-6-18-15-23(35-3)28(37-5)24(16-18)36-4)26(27(21)32)30-25(31)13-8-17-7-11-20(29)22(14-17)34-2/h6-16,32H,29H2,1-5H3,(H,30,31)/b9-6+,13-8+. The second-order valence-electron chi connectivity index (χ2n) is 7.70. The second kappa shape index (κ2) is 12.3. The molecule has 4 N–H and O–H groups in total. The molecule has 37 heavy (non-hydrogen) atoms. The molecule has 1 amide bonds. The van der Waals surface area contributed by atoms with Crippen LogP contribution < -0.4 is 34.7 Å². The summed E-state index contributed by atoms with van der Waals surface area (Å²) in [5.74, 6) is 1.53. The maximum Gasteiger partial charge on any atom is 0.248 e. The lowest BCUT2D eigenvalue weighted by Crippen LogP contribution is -2.09. The van der Waals surface area contributed by atoms with Gasteiger partial charge in [-0.15, -0.1) is 0 Å². The second-order valence-corrected chi connectivity index (χ2v) is 7.70. The summed E-state index contributed by atoms with van der Waals surface area (Å²) in [6.07, 6.45) is 6.48. The maximum absolute atomic E-state index is 12.7. The Hall–Kier alpha value is -4.79. The van der Waals surface area contributed by atoms with Crippen molar-refractivity contribution in [2.75, 3.05) is 46.6 Å². The van der Waals surface area contributed by atoms with Crippen LogP contribution in [0.2, 0.25) is 0 Å². The number of hydrogen-bond acceptors (Lipinski definition) is 8. The SMILES string of the molecule is COc1cc(/C=C/C(=O)Nc2c(/C=C/c3cc(OC)c(OC)c(OC)c3)ccc(OC)c2O)ccc1N. The normalized spacial score (nSPS) is 10.9. The molecule has 0 saturated heterocycles. The van der Waals surface area contributed by atoms with E-state index in [4.69, 9.17) is 29.4 Å². The van der Waals surface area contributed by atoms with Gasteiger partial charge in [-0.25, -0.2) is 0 Å². The summed E-state index contributed by atoms with van der Waals surface area (Å²) >= 11 is 0. The highest BCUT2D eigenvalue weighted by Gasteiger charge is 2.15. The minimum Gasteiger partial charge on any atom is -0.503 e. The number of amides is 1. The van der Waals surface area contributed by atoms with Gasteiger partial charge in [0, 0.05) is 11.6 Å². The maximum atomic E-state index is 12.7. The van der Waals surface area contributed by atoms with Crippen LogP contribution in [-0.4, -0.2) is 46.6 Å². The predicted molar refractivity (Wildman–Crippen MR) is 145 cm³/mol. The smallest absolute Gasteiger partial charge is 0.248 e. The van der Waals surface area contributed by atoms with Crippen molar-refractivity contribution in [1.82, 2.24) is 0 Å². The molecule has 0 aliphatic rings. The van der Waals surface area contributed by atoms with Gasteiger partial charge >= 0.3 is 0 Å². The van der Waals surface area contributed by atoms with Crippen LogP contribution in [0.3, 0.4) is 0 Å². The van der Waals surface area contributed by atoms with Gasteiger partial charge in [-0.1, -0.05) is 18.2 Å². The summed E-state index contributed by atoms with van der Waals surface area (Å²) in [6.45, 7) is 0. The van der Waals surface area contributed by atoms with E-state index >= 15 is 0 Å². The van der Waals surface area contributed by atoms with Crippen molar-refractivity contribution in [3.05, 3.63) is 65.2 Å². The minimum absolute atomic E-state index is 0.188. The molecule has 0 radical (unpaired) electrons. The summed E-state index contributed by atoms with van der Waals surface area (Å²) in [5, 5.41) is 13.5. The highest BCUT2D eigenvalue weighted by Crippen LogP contribution is 2.40. The molecule has 0 spiro atoms. The third kappa shape index (κ3) is 6.26. The van der Waals surface area contributed by atoms with Crippen LogP contribution in [0.1, 0.15) is 16.7 Å². The number of ether oxygens (including phenoxy) is 5. The van der Waals surface area contributed by atoms with Gasteiger partial charge in [0.05, 0.1) is 46.9 Å². The Bertz CT molecular complexity index is 1310. The molecule has 0 atom stereocenters. The molecule has 0 bridgehead atoms. The Labute approximate surface area is 215 Å². The summed E-state index contributed by atoms with van der Waals surface area (Å²) < 4.78 is 26.6. The molecule has 3 aromatic carbocycles. The number of rotatable bonds is 10. The predicted octanol–water partition coefficient (Wildman–Crippen LogP) is 4.84. The lowest BCUT2D eigenvalue weighted by Gasteiger charge is -2.14. The molecule has 0 heterocycles. The van der Waals surface area contributed by atoms with Crippen molar-refractivity contribution in [3.8, 4) is 34.5 Å². The van der Waals surface area contributed by atoms with E-state index in [0.717, 1.165) is 11.1 Å². The van der Waals surface area contributed by atoms with E-state index in [-0.39, 0.29) is 17.2 Å². The Morgan fingerprint density at radius 2 is 1.38 bits per heavy atom. The molecule has 9 heteroatoms.